The van der Waals surface area contributed by atoms with Crippen molar-refractivity contribution in [3.8, 4) is 0 Å². The molecule has 2 heterocycles. The third-order valence-corrected chi connectivity index (χ3v) is 4.76. The summed E-state index contributed by atoms with van der Waals surface area (Å²) < 4.78 is 11.3. The van der Waals surface area contributed by atoms with Crippen LogP contribution in [0.5, 0.6) is 0 Å². The van der Waals surface area contributed by atoms with Gasteiger partial charge in [0.05, 0.1) is 31.3 Å². The SMILES string of the molecule is C=CCO[C@H]1CCN(C(=O)[C@H]2CCOC2)[C@H]1Cc1ccccc1. The van der Waals surface area contributed by atoms with Crippen LogP contribution in [-0.2, 0) is 20.7 Å². The third kappa shape index (κ3) is 3.82. The minimum atomic E-state index is 0.0198. The summed E-state index contributed by atoms with van der Waals surface area (Å²) >= 11 is 0. The molecule has 2 aliphatic heterocycles. The number of ether oxygens (including phenoxy) is 2. The van der Waals surface area contributed by atoms with Crippen LogP contribution in [0.25, 0.3) is 0 Å². The maximum absolute atomic E-state index is 12.8. The highest BCUT2D eigenvalue weighted by Gasteiger charge is 2.40. The van der Waals surface area contributed by atoms with Gasteiger partial charge in [-0.25, -0.2) is 0 Å². The van der Waals surface area contributed by atoms with E-state index in [2.05, 4.69) is 18.7 Å². The van der Waals surface area contributed by atoms with Gasteiger partial charge in [0.1, 0.15) is 0 Å². The predicted octanol–water partition coefficient (Wildman–Crippen LogP) is 2.44. The van der Waals surface area contributed by atoms with E-state index in [-0.39, 0.29) is 24.0 Å². The van der Waals surface area contributed by atoms with E-state index in [0.29, 0.717) is 19.8 Å². The number of carbonyl (C=O) groups is 1. The molecule has 4 heteroatoms. The Bertz CT molecular complexity index is 525. The van der Waals surface area contributed by atoms with E-state index >= 15 is 0 Å². The molecule has 3 rings (SSSR count). The van der Waals surface area contributed by atoms with Crippen LogP contribution in [0.1, 0.15) is 18.4 Å². The Kier molecular flexibility index (Phi) is 5.47. The van der Waals surface area contributed by atoms with E-state index in [0.717, 1.165) is 25.8 Å². The van der Waals surface area contributed by atoms with Crippen LogP contribution in [0.3, 0.4) is 0 Å². The first-order valence-electron chi connectivity index (χ1n) is 8.44. The Morgan fingerprint density at radius 2 is 2.17 bits per heavy atom. The smallest absolute Gasteiger partial charge is 0.228 e. The van der Waals surface area contributed by atoms with Crippen LogP contribution >= 0.6 is 0 Å². The summed E-state index contributed by atoms with van der Waals surface area (Å²) in [7, 11) is 0. The van der Waals surface area contributed by atoms with E-state index < -0.39 is 0 Å². The molecule has 1 aromatic rings. The monoisotopic (exact) mass is 315 g/mol. The van der Waals surface area contributed by atoms with Crippen molar-refractivity contribution in [3.05, 3.63) is 48.6 Å². The summed E-state index contributed by atoms with van der Waals surface area (Å²) in [5.41, 5.74) is 1.24. The maximum Gasteiger partial charge on any atom is 0.228 e. The molecule has 0 radical (unpaired) electrons. The third-order valence-electron chi connectivity index (χ3n) is 4.76. The van der Waals surface area contributed by atoms with Crippen LogP contribution in [-0.4, -0.2) is 49.3 Å². The molecule has 2 fully saturated rings. The molecule has 0 aromatic heterocycles. The number of nitrogens with zero attached hydrogens (tertiary/aromatic N) is 1. The molecule has 1 aromatic carbocycles. The van der Waals surface area contributed by atoms with Crippen LogP contribution < -0.4 is 0 Å². The van der Waals surface area contributed by atoms with Crippen molar-refractivity contribution in [2.75, 3.05) is 26.4 Å². The van der Waals surface area contributed by atoms with E-state index in [1.165, 1.54) is 5.56 Å². The fraction of sp³-hybridized carbons (Fsp3) is 0.526. The fourth-order valence-electron chi connectivity index (χ4n) is 3.55. The standard InChI is InChI=1S/C19H25NO3/c1-2-11-23-18-8-10-20(19(21)16-9-12-22-14-16)17(18)13-15-6-4-3-5-7-15/h2-7,16-18H,1,8-14H2/t16-,17-,18-/m0/s1. The number of carbonyl (C=O) groups excluding carboxylic acids is 1. The highest BCUT2D eigenvalue weighted by Crippen LogP contribution is 2.28. The zero-order valence-electron chi connectivity index (χ0n) is 13.5. The number of benzene rings is 1. The van der Waals surface area contributed by atoms with Crippen LogP contribution in [0, 0.1) is 5.92 Å². The van der Waals surface area contributed by atoms with Crippen molar-refractivity contribution in [3.63, 3.8) is 0 Å². The van der Waals surface area contributed by atoms with Crippen molar-refractivity contribution in [2.45, 2.75) is 31.4 Å². The second-order valence-corrected chi connectivity index (χ2v) is 6.30. The van der Waals surface area contributed by atoms with E-state index in [4.69, 9.17) is 9.47 Å². The largest absolute Gasteiger partial charge is 0.381 e. The molecule has 1 amide bonds. The van der Waals surface area contributed by atoms with Crippen LogP contribution in [0.15, 0.2) is 43.0 Å². The molecular formula is C19H25NO3. The van der Waals surface area contributed by atoms with Gasteiger partial charge in [0.25, 0.3) is 0 Å². The molecule has 0 spiro atoms. The highest BCUT2D eigenvalue weighted by atomic mass is 16.5. The highest BCUT2D eigenvalue weighted by molar-refractivity contribution is 5.80. The van der Waals surface area contributed by atoms with Gasteiger partial charge in [-0.1, -0.05) is 36.4 Å². The van der Waals surface area contributed by atoms with Crippen molar-refractivity contribution < 1.29 is 14.3 Å². The lowest BCUT2D eigenvalue weighted by atomic mass is 10.0. The quantitative estimate of drug-likeness (QED) is 0.757. The fourth-order valence-corrected chi connectivity index (χ4v) is 3.55. The first kappa shape index (κ1) is 16.2. The normalized spacial score (nSPS) is 27.3. The molecular weight excluding hydrogens is 290 g/mol. The Morgan fingerprint density at radius 1 is 1.35 bits per heavy atom. The van der Waals surface area contributed by atoms with Gasteiger partial charge in [0.2, 0.25) is 5.91 Å². The number of amides is 1. The zero-order chi connectivity index (χ0) is 16.1. The number of hydrogen-bond acceptors (Lipinski definition) is 3. The summed E-state index contributed by atoms with van der Waals surface area (Å²) in [5.74, 6) is 0.250. The molecule has 0 aliphatic carbocycles. The molecule has 23 heavy (non-hydrogen) atoms. The van der Waals surface area contributed by atoms with Gasteiger partial charge in [0, 0.05) is 13.2 Å². The Hall–Kier alpha value is -1.65. The van der Waals surface area contributed by atoms with Crippen molar-refractivity contribution >= 4 is 5.91 Å². The Labute approximate surface area is 138 Å². The average molecular weight is 315 g/mol. The topological polar surface area (TPSA) is 38.8 Å². The molecule has 2 saturated heterocycles. The van der Waals surface area contributed by atoms with E-state index in [1.54, 1.807) is 6.08 Å². The molecule has 3 atom stereocenters. The molecule has 0 bridgehead atoms. The molecule has 2 aliphatic rings. The second kappa shape index (κ2) is 7.75. The second-order valence-electron chi connectivity index (χ2n) is 6.30. The summed E-state index contributed by atoms with van der Waals surface area (Å²) in [4.78, 5) is 14.9. The maximum atomic E-state index is 12.8. The summed E-state index contributed by atoms with van der Waals surface area (Å²) in [6, 6.07) is 10.4. The molecule has 0 saturated carbocycles. The summed E-state index contributed by atoms with van der Waals surface area (Å²) in [5, 5.41) is 0. The first-order chi connectivity index (χ1) is 11.3. The predicted molar refractivity (Wildman–Crippen MR) is 89.1 cm³/mol. The Balaban J connectivity index is 1.73. The van der Waals surface area contributed by atoms with Crippen LogP contribution in [0.2, 0.25) is 0 Å². The minimum Gasteiger partial charge on any atom is -0.381 e. The molecule has 4 nitrogen and oxygen atoms in total. The van der Waals surface area contributed by atoms with Gasteiger partial charge in [0.15, 0.2) is 0 Å². The van der Waals surface area contributed by atoms with Gasteiger partial charge in [-0.05, 0) is 24.8 Å². The number of rotatable bonds is 6. The van der Waals surface area contributed by atoms with E-state index in [9.17, 15) is 4.79 Å². The van der Waals surface area contributed by atoms with Crippen molar-refractivity contribution in [1.29, 1.82) is 0 Å². The minimum absolute atomic E-state index is 0.0198. The molecule has 0 unspecified atom stereocenters. The van der Waals surface area contributed by atoms with E-state index in [1.807, 2.05) is 23.1 Å². The van der Waals surface area contributed by atoms with Gasteiger partial charge >= 0.3 is 0 Å². The number of likely N-dealkylation sites (tertiary alicyclic amines) is 1. The molecule has 0 N–H and O–H groups in total. The summed E-state index contributed by atoms with van der Waals surface area (Å²) in [6.07, 6.45) is 4.42. The number of hydrogen-bond donors (Lipinski definition) is 0. The van der Waals surface area contributed by atoms with Gasteiger partial charge in [-0.15, -0.1) is 6.58 Å². The molecule has 124 valence electrons. The first-order valence-corrected chi connectivity index (χ1v) is 8.44. The van der Waals surface area contributed by atoms with Gasteiger partial charge < -0.3 is 14.4 Å². The Morgan fingerprint density at radius 3 is 2.87 bits per heavy atom. The average Bonchev–Trinajstić information content (AvgIpc) is 3.24. The summed E-state index contributed by atoms with van der Waals surface area (Å²) in [6.45, 7) is 6.29. The van der Waals surface area contributed by atoms with Crippen molar-refractivity contribution in [1.82, 2.24) is 4.90 Å². The van der Waals surface area contributed by atoms with Gasteiger partial charge in [-0.3, -0.25) is 4.79 Å². The lowest BCUT2D eigenvalue weighted by Crippen LogP contribution is -2.44. The zero-order valence-corrected chi connectivity index (χ0v) is 13.5. The van der Waals surface area contributed by atoms with Gasteiger partial charge in [-0.2, -0.15) is 0 Å². The lowest BCUT2D eigenvalue weighted by Gasteiger charge is -2.30. The van der Waals surface area contributed by atoms with Crippen LogP contribution in [0.4, 0.5) is 0 Å². The van der Waals surface area contributed by atoms with Crippen molar-refractivity contribution in [2.24, 2.45) is 5.92 Å². The lowest BCUT2D eigenvalue weighted by molar-refractivity contribution is -0.137.